The number of aromatic amines is 1. The normalized spacial score (nSPS) is 28.4. The first kappa shape index (κ1) is 15.4. The van der Waals surface area contributed by atoms with Gasteiger partial charge in [0.2, 0.25) is 5.95 Å². The monoisotopic (exact) mass is 326 g/mol. The van der Waals surface area contributed by atoms with Crippen LogP contribution in [-0.2, 0) is 4.74 Å². The highest BCUT2D eigenvalue weighted by Gasteiger charge is 2.43. The fourth-order valence-electron chi connectivity index (χ4n) is 2.60. The molecule has 4 unspecified atom stereocenters. The van der Waals surface area contributed by atoms with E-state index in [0.717, 1.165) is 0 Å². The van der Waals surface area contributed by atoms with Gasteiger partial charge in [-0.1, -0.05) is 12.2 Å². The molecule has 2 aromatic rings. The van der Waals surface area contributed by atoms with Gasteiger partial charge in [-0.15, -0.1) is 0 Å². The van der Waals surface area contributed by atoms with E-state index in [4.69, 9.17) is 22.1 Å². The molecule has 1 saturated heterocycles. The maximum absolute atomic E-state index is 13.5. The molecule has 1 fully saturated rings. The van der Waals surface area contributed by atoms with E-state index in [1.54, 1.807) is 19.1 Å². The van der Waals surface area contributed by atoms with Gasteiger partial charge in [0.15, 0.2) is 0 Å². The predicted octanol–water partition coefficient (Wildman–Crippen LogP) is 0.894. The summed E-state index contributed by atoms with van der Waals surface area (Å²) in [5.41, 5.74) is 1.13. The number of aliphatic hydroxyl groups excluding tert-OH is 3. The smallest absolute Gasteiger partial charge is 0.217 e. The average Bonchev–Trinajstić information content (AvgIpc) is 2.76. The SMILES string of the molecule is Cc1cc2cc(C3OC(CO)C(O)C3O)c(=S)[nH]c2nc1F. The molecular formula is C14H15FN2O4S. The van der Waals surface area contributed by atoms with Crippen LogP contribution in [0.15, 0.2) is 12.1 Å². The van der Waals surface area contributed by atoms with Crippen LogP contribution in [0.4, 0.5) is 4.39 Å². The largest absolute Gasteiger partial charge is 0.394 e. The number of aromatic nitrogens is 2. The first-order valence-corrected chi connectivity index (χ1v) is 7.15. The molecule has 0 bridgehead atoms. The minimum absolute atomic E-state index is 0.234. The van der Waals surface area contributed by atoms with Crippen LogP contribution in [-0.4, -0.2) is 50.2 Å². The summed E-state index contributed by atoms with van der Waals surface area (Å²) in [5.74, 6) is -0.584. The Kier molecular flexibility index (Phi) is 3.96. The van der Waals surface area contributed by atoms with Crippen LogP contribution < -0.4 is 0 Å². The van der Waals surface area contributed by atoms with Gasteiger partial charge in [-0.25, -0.2) is 4.98 Å². The summed E-state index contributed by atoms with van der Waals surface area (Å²) < 4.78 is 19.2. The molecular weight excluding hydrogens is 311 g/mol. The molecule has 0 aromatic carbocycles. The fourth-order valence-corrected chi connectivity index (χ4v) is 2.87. The fraction of sp³-hybridized carbons (Fsp3) is 0.429. The van der Waals surface area contributed by atoms with E-state index in [2.05, 4.69) is 9.97 Å². The molecule has 4 atom stereocenters. The molecule has 1 aliphatic rings. The lowest BCUT2D eigenvalue weighted by Crippen LogP contribution is -2.32. The Labute approximate surface area is 130 Å². The molecule has 6 nitrogen and oxygen atoms in total. The number of pyridine rings is 2. The van der Waals surface area contributed by atoms with Crippen molar-refractivity contribution in [2.24, 2.45) is 0 Å². The summed E-state index contributed by atoms with van der Waals surface area (Å²) in [6.45, 7) is 1.18. The van der Waals surface area contributed by atoms with Crippen molar-refractivity contribution in [1.82, 2.24) is 9.97 Å². The van der Waals surface area contributed by atoms with Crippen molar-refractivity contribution < 1.29 is 24.4 Å². The minimum atomic E-state index is -1.21. The van der Waals surface area contributed by atoms with Crippen LogP contribution in [0.25, 0.3) is 11.0 Å². The average molecular weight is 326 g/mol. The highest BCUT2D eigenvalue weighted by Crippen LogP contribution is 2.34. The van der Waals surface area contributed by atoms with Crippen molar-refractivity contribution in [3.05, 3.63) is 33.8 Å². The van der Waals surface area contributed by atoms with E-state index in [1.165, 1.54) is 0 Å². The molecule has 1 aliphatic heterocycles. The number of aliphatic hydroxyl groups is 3. The van der Waals surface area contributed by atoms with Gasteiger partial charge in [0.05, 0.1) is 6.61 Å². The van der Waals surface area contributed by atoms with Crippen molar-refractivity contribution in [3.8, 4) is 0 Å². The number of aryl methyl sites for hydroxylation is 1. The number of halogens is 1. The molecule has 2 aromatic heterocycles. The topological polar surface area (TPSA) is 98.6 Å². The van der Waals surface area contributed by atoms with Gasteiger partial charge in [0.1, 0.15) is 34.7 Å². The second kappa shape index (κ2) is 5.64. The number of fused-ring (bicyclic) bond motifs is 1. The quantitative estimate of drug-likeness (QED) is 0.483. The number of nitrogens with zero attached hydrogens (tertiary/aromatic N) is 1. The molecule has 0 spiro atoms. The number of hydrogen-bond acceptors (Lipinski definition) is 6. The van der Waals surface area contributed by atoms with E-state index in [1.807, 2.05) is 0 Å². The minimum Gasteiger partial charge on any atom is -0.394 e. The van der Waals surface area contributed by atoms with Crippen LogP contribution >= 0.6 is 12.2 Å². The van der Waals surface area contributed by atoms with Gasteiger partial charge in [0.25, 0.3) is 0 Å². The summed E-state index contributed by atoms with van der Waals surface area (Å²) in [5, 5.41) is 29.7. The Hall–Kier alpha value is -1.45. The summed E-state index contributed by atoms with van der Waals surface area (Å²) in [6.07, 6.45) is -4.16. The van der Waals surface area contributed by atoms with Crippen LogP contribution in [0, 0.1) is 17.5 Å². The predicted molar refractivity (Wildman–Crippen MR) is 78.3 cm³/mol. The highest BCUT2D eigenvalue weighted by molar-refractivity contribution is 7.71. The standard InChI is InChI=1S/C14H15FN2O4S/c1-5-2-6-3-7(14(22)17-13(6)16-12(5)15)11-10(20)9(19)8(4-18)21-11/h2-3,8-11,18-20H,4H2,1H3,(H,16,17,22). The van der Waals surface area contributed by atoms with Crippen molar-refractivity contribution in [2.75, 3.05) is 6.61 Å². The molecule has 0 aliphatic carbocycles. The van der Waals surface area contributed by atoms with Gasteiger partial charge < -0.3 is 25.0 Å². The van der Waals surface area contributed by atoms with E-state index < -0.39 is 37.0 Å². The molecule has 118 valence electrons. The molecule has 0 radical (unpaired) electrons. The number of hydrogen-bond donors (Lipinski definition) is 4. The van der Waals surface area contributed by atoms with Crippen molar-refractivity contribution >= 4 is 23.3 Å². The Balaban J connectivity index is 2.10. The first-order chi connectivity index (χ1) is 10.4. The summed E-state index contributed by atoms with van der Waals surface area (Å²) in [4.78, 5) is 6.59. The number of rotatable bonds is 2. The highest BCUT2D eigenvalue weighted by atomic mass is 32.1. The van der Waals surface area contributed by atoms with Crippen LogP contribution in [0.5, 0.6) is 0 Å². The van der Waals surface area contributed by atoms with Gasteiger partial charge in [-0.3, -0.25) is 0 Å². The van der Waals surface area contributed by atoms with Gasteiger partial charge in [-0.2, -0.15) is 4.39 Å². The zero-order valence-electron chi connectivity index (χ0n) is 11.7. The van der Waals surface area contributed by atoms with Gasteiger partial charge >= 0.3 is 0 Å². The maximum Gasteiger partial charge on any atom is 0.217 e. The van der Waals surface area contributed by atoms with Crippen LogP contribution in [0.1, 0.15) is 17.2 Å². The molecule has 3 rings (SSSR count). The van der Waals surface area contributed by atoms with Crippen LogP contribution in [0.2, 0.25) is 0 Å². The van der Waals surface area contributed by atoms with E-state index in [0.29, 0.717) is 22.2 Å². The van der Waals surface area contributed by atoms with E-state index in [9.17, 15) is 14.6 Å². The Bertz CT molecular complexity index is 781. The zero-order valence-corrected chi connectivity index (χ0v) is 12.5. The lowest BCUT2D eigenvalue weighted by atomic mass is 10.0. The number of H-pyrrole nitrogens is 1. The molecule has 3 heterocycles. The van der Waals surface area contributed by atoms with Crippen molar-refractivity contribution in [3.63, 3.8) is 0 Å². The number of ether oxygens (including phenoxy) is 1. The second-order valence-corrected chi connectivity index (χ2v) is 5.75. The second-order valence-electron chi connectivity index (χ2n) is 5.35. The Morgan fingerprint density at radius 2 is 2.09 bits per heavy atom. The Morgan fingerprint density at radius 3 is 2.73 bits per heavy atom. The lowest BCUT2D eigenvalue weighted by molar-refractivity contribution is -0.0229. The lowest BCUT2D eigenvalue weighted by Gasteiger charge is -2.16. The Morgan fingerprint density at radius 1 is 1.36 bits per heavy atom. The van der Waals surface area contributed by atoms with Gasteiger partial charge in [0, 0.05) is 16.5 Å². The van der Waals surface area contributed by atoms with Crippen molar-refractivity contribution in [1.29, 1.82) is 0 Å². The third-order valence-corrected chi connectivity index (χ3v) is 4.17. The molecule has 0 amide bonds. The zero-order chi connectivity index (χ0) is 16.0. The van der Waals surface area contributed by atoms with Crippen LogP contribution in [0.3, 0.4) is 0 Å². The van der Waals surface area contributed by atoms with E-state index in [-0.39, 0.29) is 4.64 Å². The molecule has 8 heteroatoms. The maximum atomic E-state index is 13.5. The van der Waals surface area contributed by atoms with E-state index >= 15 is 0 Å². The molecule has 0 saturated carbocycles. The third kappa shape index (κ3) is 2.42. The van der Waals surface area contributed by atoms with Gasteiger partial charge in [-0.05, 0) is 19.1 Å². The summed E-state index contributed by atoms with van der Waals surface area (Å²) in [7, 11) is 0. The summed E-state index contributed by atoms with van der Waals surface area (Å²) in [6, 6.07) is 3.25. The first-order valence-electron chi connectivity index (χ1n) is 6.75. The van der Waals surface area contributed by atoms with Crippen molar-refractivity contribution in [2.45, 2.75) is 31.3 Å². The third-order valence-electron chi connectivity index (χ3n) is 3.83. The summed E-state index contributed by atoms with van der Waals surface area (Å²) >= 11 is 5.21. The number of nitrogens with one attached hydrogen (secondary N) is 1. The molecule has 22 heavy (non-hydrogen) atoms. The molecule has 4 N–H and O–H groups in total.